The van der Waals surface area contributed by atoms with Crippen LogP contribution in [0.1, 0.15) is 11.3 Å². The van der Waals surface area contributed by atoms with Gasteiger partial charge in [0, 0.05) is 24.5 Å². The average molecular weight is 265 g/mol. The van der Waals surface area contributed by atoms with Gasteiger partial charge in [-0.15, -0.1) is 0 Å². The first kappa shape index (κ1) is 12.4. The number of hydrogen-bond donors (Lipinski definition) is 2. The van der Waals surface area contributed by atoms with Gasteiger partial charge < -0.3 is 5.32 Å². The van der Waals surface area contributed by atoms with Gasteiger partial charge in [0.25, 0.3) is 5.56 Å². The maximum Gasteiger partial charge on any atom is 0.272 e. The molecule has 0 saturated carbocycles. The van der Waals surface area contributed by atoms with Crippen LogP contribution in [0.4, 0.5) is 5.69 Å². The van der Waals surface area contributed by atoms with Gasteiger partial charge >= 0.3 is 0 Å². The summed E-state index contributed by atoms with van der Waals surface area (Å²) in [5, 5.41) is 11.5. The second-order valence-corrected chi connectivity index (χ2v) is 4.67. The lowest BCUT2D eigenvalue weighted by molar-refractivity contribution is 0.934. The Labute approximate surface area is 116 Å². The monoisotopic (exact) mass is 265 g/mol. The Kier molecular flexibility index (Phi) is 3.21. The molecule has 0 radical (unpaired) electrons. The minimum atomic E-state index is -0.145. The first-order valence-corrected chi connectivity index (χ1v) is 6.51. The highest BCUT2D eigenvalue weighted by Crippen LogP contribution is 2.18. The zero-order valence-electron chi connectivity index (χ0n) is 11.2. The molecule has 1 aromatic heterocycles. The molecule has 0 amide bonds. The molecule has 2 N–H and O–H groups in total. The van der Waals surface area contributed by atoms with Crippen molar-refractivity contribution in [1.29, 1.82) is 0 Å². The van der Waals surface area contributed by atoms with Crippen LogP contribution >= 0.6 is 0 Å². The van der Waals surface area contributed by atoms with Crippen molar-refractivity contribution >= 4 is 16.5 Å². The summed E-state index contributed by atoms with van der Waals surface area (Å²) in [7, 11) is 1.90. The van der Waals surface area contributed by atoms with E-state index in [0.717, 1.165) is 22.3 Å². The summed E-state index contributed by atoms with van der Waals surface area (Å²) in [6.45, 7) is 0. The summed E-state index contributed by atoms with van der Waals surface area (Å²) in [4.78, 5) is 11.8. The first-order valence-electron chi connectivity index (χ1n) is 6.51. The fraction of sp³-hybridized carbons (Fsp3) is 0.125. The highest BCUT2D eigenvalue weighted by Gasteiger charge is 2.06. The smallest absolute Gasteiger partial charge is 0.272 e. The summed E-state index contributed by atoms with van der Waals surface area (Å²) >= 11 is 0. The summed E-state index contributed by atoms with van der Waals surface area (Å²) in [5.74, 6) is 0. The number of H-pyrrole nitrogens is 1. The van der Waals surface area contributed by atoms with E-state index in [-0.39, 0.29) is 5.56 Å². The van der Waals surface area contributed by atoms with Gasteiger partial charge in [0.2, 0.25) is 0 Å². The zero-order chi connectivity index (χ0) is 13.9. The van der Waals surface area contributed by atoms with Crippen LogP contribution in [0.25, 0.3) is 10.8 Å². The Hall–Kier alpha value is -2.62. The van der Waals surface area contributed by atoms with Gasteiger partial charge in [-0.05, 0) is 23.8 Å². The number of hydrogen-bond acceptors (Lipinski definition) is 3. The molecule has 100 valence electrons. The van der Waals surface area contributed by atoms with Crippen molar-refractivity contribution in [3.8, 4) is 0 Å². The van der Waals surface area contributed by atoms with E-state index in [1.807, 2.05) is 43.4 Å². The fourth-order valence-corrected chi connectivity index (χ4v) is 2.34. The standard InChI is InChI=1S/C16H15N3O/c1-17-12-6-4-5-11(9-12)10-15-13-7-2-3-8-14(13)16(20)19-18-15/h2-9,17H,10H2,1H3,(H,19,20). The topological polar surface area (TPSA) is 57.8 Å². The Balaban J connectivity index is 2.07. The van der Waals surface area contributed by atoms with Crippen molar-refractivity contribution in [1.82, 2.24) is 10.2 Å². The van der Waals surface area contributed by atoms with Crippen LogP contribution in [0.15, 0.2) is 53.3 Å². The lowest BCUT2D eigenvalue weighted by atomic mass is 10.0. The molecular formula is C16H15N3O. The van der Waals surface area contributed by atoms with E-state index in [1.54, 1.807) is 0 Å². The normalized spacial score (nSPS) is 10.7. The van der Waals surface area contributed by atoms with Crippen molar-refractivity contribution in [2.45, 2.75) is 6.42 Å². The Morgan fingerprint density at radius 3 is 2.70 bits per heavy atom. The molecule has 20 heavy (non-hydrogen) atoms. The molecule has 1 heterocycles. The van der Waals surface area contributed by atoms with Crippen LogP contribution in [0, 0.1) is 0 Å². The molecule has 4 heteroatoms. The van der Waals surface area contributed by atoms with Gasteiger partial charge in [-0.3, -0.25) is 4.79 Å². The van der Waals surface area contributed by atoms with Gasteiger partial charge in [0.15, 0.2) is 0 Å². The summed E-state index contributed by atoms with van der Waals surface area (Å²) in [6.07, 6.45) is 0.687. The van der Waals surface area contributed by atoms with Crippen molar-refractivity contribution in [2.24, 2.45) is 0 Å². The predicted octanol–water partition coefficient (Wildman–Crippen LogP) is 2.56. The molecule has 0 aliphatic carbocycles. The molecule has 0 bridgehead atoms. The zero-order valence-corrected chi connectivity index (χ0v) is 11.2. The van der Waals surface area contributed by atoms with Crippen molar-refractivity contribution in [3.63, 3.8) is 0 Å². The molecule has 2 aromatic carbocycles. The summed E-state index contributed by atoms with van der Waals surface area (Å²) in [6, 6.07) is 15.7. The molecule has 3 rings (SSSR count). The third kappa shape index (κ3) is 2.28. The van der Waals surface area contributed by atoms with Crippen molar-refractivity contribution in [3.05, 3.63) is 70.1 Å². The minimum absolute atomic E-state index is 0.145. The van der Waals surface area contributed by atoms with Gasteiger partial charge in [-0.2, -0.15) is 5.10 Å². The molecule has 0 saturated heterocycles. The Morgan fingerprint density at radius 2 is 1.90 bits per heavy atom. The average Bonchev–Trinajstić information content (AvgIpc) is 2.51. The van der Waals surface area contributed by atoms with E-state index < -0.39 is 0 Å². The molecule has 0 fully saturated rings. The quantitative estimate of drug-likeness (QED) is 0.765. The van der Waals surface area contributed by atoms with Gasteiger partial charge in [0.05, 0.1) is 11.1 Å². The molecule has 4 nitrogen and oxygen atoms in total. The number of nitrogens with zero attached hydrogens (tertiary/aromatic N) is 1. The van der Waals surface area contributed by atoms with E-state index in [9.17, 15) is 4.79 Å². The van der Waals surface area contributed by atoms with Crippen molar-refractivity contribution < 1.29 is 0 Å². The van der Waals surface area contributed by atoms with E-state index in [2.05, 4.69) is 27.6 Å². The van der Waals surface area contributed by atoms with Gasteiger partial charge in [-0.25, -0.2) is 5.10 Å². The maximum absolute atomic E-state index is 11.8. The van der Waals surface area contributed by atoms with Crippen LogP contribution in [-0.2, 0) is 6.42 Å². The number of aromatic amines is 1. The molecular weight excluding hydrogens is 250 g/mol. The van der Waals surface area contributed by atoms with Crippen LogP contribution < -0.4 is 10.9 Å². The maximum atomic E-state index is 11.8. The highest BCUT2D eigenvalue weighted by molar-refractivity contribution is 5.83. The third-order valence-electron chi connectivity index (χ3n) is 3.36. The van der Waals surface area contributed by atoms with Crippen LogP contribution in [0.2, 0.25) is 0 Å². The molecule has 0 atom stereocenters. The van der Waals surface area contributed by atoms with Crippen molar-refractivity contribution in [2.75, 3.05) is 12.4 Å². The number of rotatable bonds is 3. The van der Waals surface area contributed by atoms with E-state index in [4.69, 9.17) is 0 Å². The Bertz CT molecular complexity index is 808. The summed E-state index contributed by atoms with van der Waals surface area (Å²) < 4.78 is 0. The summed E-state index contributed by atoms with van der Waals surface area (Å²) in [5.41, 5.74) is 2.96. The van der Waals surface area contributed by atoms with E-state index >= 15 is 0 Å². The van der Waals surface area contributed by atoms with E-state index in [1.165, 1.54) is 0 Å². The molecule has 0 spiro atoms. The molecule has 3 aromatic rings. The number of benzene rings is 2. The second-order valence-electron chi connectivity index (χ2n) is 4.67. The molecule has 0 unspecified atom stereocenters. The molecule has 0 aliphatic rings. The third-order valence-corrected chi connectivity index (χ3v) is 3.36. The lowest BCUT2D eigenvalue weighted by Gasteiger charge is -2.07. The van der Waals surface area contributed by atoms with E-state index in [0.29, 0.717) is 11.8 Å². The number of fused-ring (bicyclic) bond motifs is 1. The minimum Gasteiger partial charge on any atom is -0.388 e. The number of anilines is 1. The predicted molar refractivity (Wildman–Crippen MR) is 81.2 cm³/mol. The first-order chi connectivity index (χ1) is 9.78. The van der Waals surface area contributed by atoms with Crippen LogP contribution in [0.5, 0.6) is 0 Å². The van der Waals surface area contributed by atoms with Gasteiger partial charge in [-0.1, -0.05) is 30.3 Å². The number of aromatic nitrogens is 2. The molecule has 0 aliphatic heterocycles. The van der Waals surface area contributed by atoms with Crippen LogP contribution in [-0.4, -0.2) is 17.2 Å². The lowest BCUT2D eigenvalue weighted by Crippen LogP contribution is -2.11. The largest absolute Gasteiger partial charge is 0.388 e. The fourth-order valence-electron chi connectivity index (χ4n) is 2.34. The van der Waals surface area contributed by atoms with Crippen LogP contribution in [0.3, 0.4) is 0 Å². The number of nitrogens with one attached hydrogen (secondary N) is 2. The SMILES string of the molecule is CNc1cccc(Cc2n[nH]c(=O)c3ccccc23)c1. The second kappa shape index (κ2) is 5.17. The van der Waals surface area contributed by atoms with Gasteiger partial charge in [0.1, 0.15) is 0 Å². The highest BCUT2D eigenvalue weighted by atomic mass is 16.1. The Morgan fingerprint density at radius 1 is 1.10 bits per heavy atom.